The SMILES string of the molecule is O=C(O)CNC(=O)C1=C(O)c2ccc(F)c(F)c2C2(CCOCC2)C1=O. The zero-order valence-electron chi connectivity index (χ0n) is 13.5. The first-order valence-electron chi connectivity index (χ1n) is 7.84. The summed E-state index contributed by atoms with van der Waals surface area (Å²) in [5.41, 5.74) is -2.67. The Kier molecular flexibility index (Phi) is 4.49. The number of carboxylic acids is 1. The average molecular weight is 367 g/mol. The number of aliphatic hydroxyl groups is 1. The van der Waals surface area contributed by atoms with Gasteiger partial charge in [-0.15, -0.1) is 0 Å². The molecule has 0 aromatic heterocycles. The number of fused-ring (bicyclic) bond motifs is 2. The van der Waals surface area contributed by atoms with Gasteiger partial charge < -0.3 is 20.3 Å². The lowest BCUT2D eigenvalue weighted by Crippen LogP contribution is -2.49. The molecule has 7 nitrogen and oxygen atoms in total. The maximum absolute atomic E-state index is 14.6. The molecule has 3 N–H and O–H groups in total. The summed E-state index contributed by atoms with van der Waals surface area (Å²) in [5.74, 6) is -6.53. The number of carbonyl (C=O) groups is 3. The van der Waals surface area contributed by atoms with Crippen LogP contribution in [0.4, 0.5) is 8.78 Å². The third-order valence-electron chi connectivity index (χ3n) is 4.70. The molecule has 1 aliphatic carbocycles. The van der Waals surface area contributed by atoms with E-state index in [9.17, 15) is 28.3 Å². The minimum atomic E-state index is -1.55. The summed E-state index contributed by atoms with van der Waals surface area (Å²) in [5, 5.41) is 21.1. The maximum Gasteiger partial charge on any atom is 0.322 e. The predicted molar refractivity (Wildman–Crippen MR) is 83.3 cm³/mol. The van der Waals surface area contributed by atoms with Crippen LogP contribution >= 0.6 is 0 Å². The van der Waals surface area contributed by atoms with Crippen molar-refractivity contribution in [1.82, 2.24) is 5.32 Å². The van der Waals surface area contributed by atoms with E-state index in [1.165, 1.54) is 0 Å². The maximum atomic E-state index is 14.6. The third kappa shape index (κ3) is 2.64. The Hall–Kier alpha value is -2.81. The number of hydrogen-bond acceptors (Lipinski definition) is 5. The summed E-state index contributed by atoms with van der Waals surface area (Å²) >= 11 is 0. The Bertz CT molecular complexity index is 842. The van der Waals surface area contributed by atoms with Crippen LogP contribution in [-0.2, 0) is 24.5 Å². The second kappa shape index (κ2) is 6.49. The fourth-order valence-electron chi connectivity index (χ4n) is 3.46. The van der Waals surface area contributed by atoms with Crippen molar-refractivity contribution < 1.29 is 38.1 Å². The van der Waals surface area contributed by atoms with Crippen molar-refractivity contribution in [3.8, 4) is 0 Å². The standard InChI is InChI=1S/C17H15F2NO6/c18-9-2-1-8-12(13(9)19)17(3-5-26-6-4-17)15(24)11(14(8)23)16(25)20-7-10(21)22/h1-2,23H,3-7H2,(H,20,25)(H,21,22). The van der Waals surface area contributed by atoms with E-state index in [-0.39, 0.29) is 37.2 Å². The van der Waals surface area contributed by atoms with E-state index < -0.39 is 52.6 Å². The van der Waals surface area contributed by atoms with Crippen LogP contribution < -0.4 is 5.32 Å². The van der Waals surface area contributed by atoms with E-state index in [4.69, 9.17) is 9.84 Å². The second-order valence-electron chi connectivity index (χ2n) is 6.11. The Morgan fingerprint density at radius 2 is 1.88 bits per heavy atom. The van der Waals surface area contributed by atoms with Gasteiger partial charge in [0.1, 0.15) is 17.9 Å². The molecule has 1 amide bonds. The van der Waals surface area contributed by atoms with Gasteiger partial charge in [0.05, 0.1) is 5.41 Å². The molecule has 1 aliphatic heterocycles. The number of rotatable bonds is 3. The molecule has 0 bridgehead atoms. The molecule has 1 aromatic rings. The zero-order chi connectivity index (χ0) is 19.1. The molecule has 0 unspecified atom stereocenters. The van der Waals surface area contributed by atoms with Gasteiger partial charge in [0.15, 0.2) is 17.4 Å². The zero-order valence-corrected chi connectivity index (χ0v) is 13.5. The number of hydrogen-bond donors (Lipinski definition) is 3. The van der Waals surface area contributed by atoms with Crippen molar-refractivity contribution in [2.24, 2.45) is 0 Å². The number of nitrogens with one attached hydrogen (secondary N) is 1. The highest BCUT2D eigenvalue weighted by Crippen LogP contribution is 2.47. The average Bonchev–Trinajstić information content (AvgIpc) is 2.61. The number of amides is 1. The Morgan fingerprint density at radius 1 is 1.23 bits per heavy atom. The van der Waals surface area contributed by atoms with Gasteiger partial charge in [-0.25, -0.2) is 8.78 Å². The van der Waals surface area contributed by atoms with Crippen molar-refractivity contribution in [3.63, 3.8) is 0 Å². The van der Waals surface area contributed by atoms with Gasteiger partial charge in [-0.1, -0.05) is 0 Å². The van der Waals surface area contributed by atoms with Crippen LogP contribution in [0, 0.1) is 11.6 Å². The number of aliphatic hydroxyl groups excluding tert-OH is 1. The molecule has 138 valence electrons. The summed E-state index contributed by atoms with van der Waals surface area (Å²) in [4.78, 5) is 36.0. The molecular formula is C17H15F2NO6. The van der Waals surface area contributed by atoms with Gasteiger partial charge in [0.2, 0.25) is 0 Å². The lowest BCUT2D eigenvalue weighted by Gasteiger charge is -2.40. The van der Waals surface area contributed by atoms with Crippen LogP contribution in [0.15, 0.2) is 17.7 Å². The summed E-state index contributed by atoms with van der Waals surface area (Å²) in [6.45, 7) is -0.582. The van der Waals surface area contributed by atoms with Crippen LogP contribution in [0.1, 0.15) is 24.0 Å². The van der Waals surface area contributed by atoms with Crippen molar-refractivity contribution in [3.05, 3.63) is 40.5 Å². The fourth-order valence-corrected chi connectivity index (χ4v) is 3.46. The van der Waals surface area contributed by atoms with Gasteiger partial charge in [0, 0.05) is 24.3 Å². The first-order valence-corrected chi connectivity index (χ1v) is 7.84. The summed E-state index contributed by atoms with van der Waals surface area (Å²) < 4.78 is 33.6. The smallest absolute Gasteiger partial charge is 0.322 e. The largest absolute Gasteiger partial charge is 0.506 e. The van der Waals surface area contributed by atoms with Crippen molar-refractivity contribution in [1.29, 1.82) is 0 Å². The van der Waals surface area contributed by atoms with Crippen LogP contribution in [0.5, 0.6) is 0 Å². The molecule has 1 spiro atoms. The molecular weight excluding hydrogens is 352 g/mol. The number of ether oxygens (including phenoxy) is 1. The first-order chi connectivity index (χ1) is 12.3. The van der Waals surface area contributed by atoms with E-state index >= 15 is 0 Å². The number of carboxylic acid groups (broad SMARTS) is 1. The normalized spacial score (nSPS) is 18.6. The Labute approximate surface area is 146 Å². The van der Waals surface area contributed by atoms with Crippen LogP contribution in [0.2, 0.25) is 0 Å². The summed E-state index contributed by atoms with van der Waals surface area (Å²) in [6.07, 6.45) is 0.00436. The van der Waals surface area contributed by atoms with E-state index in [2.05, 4.69) is 0 Å². The van der Waals surface area contributed by atoms with Gasteiger partial charge in [0.25, 0.3) is 5.91 Å². The number of benzene rings is 1. The topological polar surface area (TPSA) is 113 Å². The van der Waals surface area contributed by atoms with Gasteiger partial charge in [-0.3, -0.25) is 14.4 Å². The number of aliphatic carboxylic acids is 1. The second-order valence-corrected chi connectivity index (χ2v) is 6.11. The van der Waals surface area contributed by atoms with Crippen molar-refractivity contribution in [2.75, 3.05) is 19.8 Å². The van der Waals surface area contributed by atoms with Gasteiger partial charge >= 0.3 is 5.97 Å². The summed E-state index contributed by atoms with van der Waals surface area (Å²) in [7, 11) is 0. The molecule has 0 saturated carbocycles. The predicted octanol–water partition coefficient (Wildman–Crippen LogP) is 1.07. The van der Waals surface area contributed by atoms with E-state index in [0.29, 0.717) is 0 Å². The molecule has 2 aliphatic rings. The molecule has 26 heavy (non-hydrogen) atoms. The molecule has 9 heteroatoms. The van der Waals surface area contributed by atoms with Gasteiger partial charge in [-0.2, -0.15) is 0 Å². The lowest BCUT2D eigenvalue weighted by molar-refractivity contribution is -0.138. The quantitative estimate of drug-likeness (QED) is 0.689. The van der Waals surface area contributed by atoms with E-state index in [1.807, 2.05) is 5.32 Å². The Morgan fingerprint density at radius 3 is 2.50 bits per heavy atom. The van der Waals surface area contributed by atoms with E-state index in [1.54, 1.807) is 0 Å². The highest BCUT2D eigenvalue weighted by Gasteiger charge is 2.52. The monoisotopic (exact) mass is 367 g/mol. The minimum absolute atomic E-state index is 0.00218. The van der Waals surface area contributed by atoms with Crippen molar-refractivity contribution >= 4 is 23.4 Å². The van der Waals surface area contributed by atoms with Gasteiger partial charge in [-0.05, 0) is 25.0 Å². The molecule has 3 rings (SSSR count). The van der Waals surface area contributed by atoms with Crippen LogP contribution in [0.3, 0.4) is 0 Å². The minimum Gasteiger partial charge on any atom is -0.506 e. The summed E-state index contributed by atoms with van der Waals surface area (Å²) in [6, 6.07) is 1.89. The van der Waals surface area contributed by atoms with Crippen LogP contribution in [-0.4, -0.2) is 47.6 Å². The highest BCUT2D eigenvalue weighted by molar-refractivity contribution is 6.28. The number of Topliss-reactive ketones (excluding diaryl/α,β-unsaturated/α-hetero) is 1. The third-order valence-corrected chi connectivity index (χ3v) is 4.70. The van der Waals surface area contributed by atoms with Crippen LogP contribution in [0.25, 0.3) is 5.76 Å². The lowest BCUT2D eigenvalue weighted by atomic mass is 9.64. The molecule has 1 saturated heterocycles. The molecule has 1 fully saturated rings. The van der Waals surface area contributed by atoms with Crippen molar-refractivity contribution in [2.45, 2.75) is 18.3 Å². The first kappa shape index (κ1) is 18.0. The molecule has 0 radical (unpaired) electrons. The Balaban J connectivity index is 2.20. The highest BCUT2D eigenvalue weighted by atomic mass is 19.2. The number of ketones is 1. The molecule has 0 atom stereocenters. The molecule has 1 aromatic carbocycles. The molecule has 1 heterocycles. The number of carbonyl (C=O) groups excluding carboxylic acids is 2. The fraction of sp³-hybridized carbons (Fsp3) is 0.353. The number of halogens is 2. The van der Waals surface area contributed by atoms with E-state index in [0.717, 1.165) is 12.1 Å².